The van der Waals surface area contributed by atoms with E-state index in [2.05, 4.69) is 27.4 Å². The fourth-order valence-electron chi connectivity index (χ4n) is 2.23. The zero-order chi connectivity index (χ0) is 12.8. The average molecular weight is 268 g/mol. The number of nitrogens with one attached hydrogen (secondary N) is 2. The maximum absolute atomic E-state index is 11.6. The first kappa shape index (κ1) is 13.3. The van der Waals surface area contributed by atoms with Gasteiger partial charge in [-0.3, -0.25) is 10.2 Å². The minimum Gasteiger partial charge on any atom is -0.337 e. The first-order valence-electron chi connectivity index (χ1n) is 6.44. The molecule has 1 fully saturated rings. The van der Waals surface area contributed by atoms with E-state index in [9.17, 15) is 4.79 Å². The number of thiazole rings is 1. The molecule has 2 heterocycles. The number of piperidine rings is 1. The molecule has 100 valence electrons. The van der Waals surface area contributed by atoms with Crippen LogP contribution >= 0.6 is 11.3 Å². The first-order valence-corrected chi connectivity index (χ1v) is 7.32. The maximum atomic E-state index is 11.6. The van der Waals surface area contributed by atoms with Gasteiger partial charge in [-0.05, 0) is 26.3 Å². The van der Waals surface area contributed by atoms with Crippen molar-refractivity contribution in [2.45, 2.75) is 32.2 Å². The van der Waals surface area contributed by atoms with Gasteiger partial charge < -0.3 is 5.32 Å². The van der Waals surface area contributed by atoms with Gasteiger partial charge in [0.25, 0.3) is 0 Å². The van der Waals surface area contributed by atoms with Crippen LogP contribution < -0.4 is 10.6 Å². The molecular weight excluding hydrogens is 248 g/mol. The Bertz CT molecular complexity index is 368. The van der Waals surface area contributed by atoms with Gasteiger partial charge in [0.1, 0.15) is 0 Å². The van der Waals surface area contributed by atoms with Crippen LogP contribution in [0.5, 0.6) is 0 Å². The molecule has 1 aromatic heterocycles. The summed E-state index contributed by atoms with van der Waals surface area (Å²) in [5.41, 5.74) is 0. The van der Waals surface area contributed by atoms with E-state index < -0.39 is 0 Å². The summed E-state index contributed by atoms with van der Waals surface area (Å²) in [6.07, 6.45) is 5.55. The molecule has 1 aromatic rings. The Morgan fingerprint density at radius 2 is 2.50 bits per heavy atom. The summed E-state index contributed by atoms with van der Waals surface area (Å²) in [6.45, 7) is 5.01. The summed E-state index contributed by atoms with van der Waals surface area (Å²) in [6, 6.07) is 0.470. The van der Waals surface area contributed by atoms with Crippen molar-refractivity contribution in [2.75, 3.05) is 25.0 Å². The SMILES string of the molecule is C[C@@H]1CCCCN1CCNC(=O)Nc1nccs1. The van der Waals surface area contributed by atoms with Crippen molar-refractivity contribution in [3.05, 3.63) is 11.6 Å². The van der Waals surface area contributed by atoms with Crippen molar-refractivity contribution >= 4 is 22.5 Å². The topological polar surface area (TPSA) is 57.3 Å². The number of urea groups is 1. The molecule has 2 amide bonds. The summed E-state index contributed by atoms with van der Waals surface area (Å²) in [7, 11) is 0. The van der Waals surface area contributed by atoms with E-state index in [0.29, 0.717) is 17.7 Å². The Labute approximate surface area is 112 Å². The smallest absolute Gasteiger partial charge is 0.321 e. The van der Waals surface area contributed by atoms with E-state index in [1.807, 2.05) is 5.38 Å². The van der Waals surface area contributed by atoms with E-state index in [4.69, 9.17) is 0 Å². The van der Waals surface area contributed by atoms with Crippen LogP contribution in [-0.4, -0.2) is 41.6 Å². The minimum absolute atomic E-state index is 0.172. The highest BCUT2D eigenvalue weighted by atomic mass is 32.1. The van der Waals surface area contributed by atoms with Crippen LogP contribution in [0.2, 0.25) is 0 Å². The molecule has 2 rings (SSSR count). The van der Waals surface area contributed by atoms with Crippen molar-refractivity contribution in [3.63, 3.8) is 0 Å². The molecule has 6 heteroatoms. The van der Waals surface area contributed by atoms with Crippen LogP contribution in [0.3, 0.4) is 0 Å². The number of carbonyl (C=O) groups is 1. The Balaban J connectivity index is 1.64. The highest BCUT2D eigenvalue weighted by molar-refractivity contribution is 7.13. The average Bonchev–Trinajstić information content (AvgIpc) is 2.84. The van der Waals surface area contributed by atoms with Gasteiger partial charge in [-0.15, -0.1) is 11.3 Å². The predicted molar refractivity (Wildman–Crippen MR) is 74.0 cm³/mol. The van der Waals surface area contributed by atoms with Gasteiger partial charge in [0.2, 0.25) is 0 Å². The summed E-state index contributed by atoms with van der Waals surface area (Å²) in [4.78, 5) is 18.0. The molecule has 0 aliphatic carbocycles. The fraction of sp³-hybridized carbons (Fsp3) is 0.667. The van der Waals surface area contributed by atoms with Crippen LogP contribution in [0.25, 0.3) is 0 Å². The molecule has 0 spiro atoms. The number of hydrogen-bond acceptors (Lipinski definition) is 4. The lowest BCUT2D eigenvalue weighted by Crippen LogP contribution is -2.43. The molecule has 1 atom stereocenters. The summed E-state index contributed by atoms with van der Waals surface area (Å²) in [5, 5.41) is 8.05. The Kier molecular flexibility index (Phi) is 4.95. The van der Waals surface area contributed by atoms with E-state index >= 15 is 0 Å². The second kappa shape index (κ2) is 6.70. The molecule has 1 saturated heterocycles. The van der Waals surface area contributed by atoms with E-state index in [0.717, 1.165) is 13.1 Å². The number of carbonyl (C=O) groups excluding carboxylic acids is 1. The van der Waals surface area contributed by atoms with Crippen LogP contribution in [0.1, 0.15) is 26.2 Å². The van der Waals surface area contributed by atoms with Gasteiger partial charge in [0.15, 0.2) is 5.13 Å². The first-order chi connectivity index (χ1) is 8.75. The van der Waals surface area contributed by atoms with Crippen LogP contribution in [0, 0.1) is 0 Å². The predicted octanol–water partition coefficient (Wildman–Crippen LogP) is 2.14. The molecule has 0 radical (unpaired) electrons. The number of likely N-dealkylation sites (tertiary alicyclic amines) is 1. The normalized spacial score (nSPS) is 20.6. The van der Waals surface area contributed by atoms with Crippen LogP contribution in [-0.2, 0) is 0 Å². The largest absolute Gasteiger partial charge is 0.337 e. The third-order valence-electron chi connectivity index (χ3n) is 3.28. The zero-order valence-corrected chi connectivity index (χ0v) is 11.5. The van der Waals surface area contributed by atoms with Crippen LogP contribution in [0.15, 0.2) is 11.6 Å². The summed E-state index contributed by atoms with van der Waals surface area (Å²) >= 11 is 1.42. The minimum atomic E-state index is -0.172. The molecule has 1 aliphatic heterocycles. The number of anilines is 1. The molecule has 0 aromatic carbocycles. The standard InChI is InChI=1S/C12H20N4OS/c1-10-4-2-3-7-16(10)8-5-13-11(17)15-12-14-6-9-18-12/h6,9-10H,2-5,7-8H2,1H3,(H2,13,14,15,17)/t10-/m1/s1. The Hall–Kier alpha value is -1.14. The lowest BCUT2D eigenvalue weighted by Gasteiger charge is -2.33. The van der Waals surface area contributed by atoms with Gasteiger partial charge in [-0.1, -0.05) is 6.42 Å². The lowest BCUT2D eigenvalue weighted by molar-refractivity contribution is 0.162. The fourth-order valence-corrected chi connectivity index (χ4v) is 2.75. The van der Waals surface area contributed by atoms with Crippen molar-refractivity contribution in [1.82, 2.24) is 15.2 Å². The summed E-state index contributed by atoms with van der Waals surface area (Å²) < 4.78 is 0. The van der Waals surface area contributed by atoms with Crippen molar-refractivity contribution in [2.24, 2.45) is 0 Å². The van der Waals surface area contributed by atoms with E-state index in [-0.39, 0.29) is 6.03 Å². The van der Waals surface area contributed by atoms with E-state index in [1.54, 1.807) is 6.20 Å². The van der Waals surface area contributed by atoms with Gasteiger partial charge in [-0.25, -0.2) is 9.78 Å². The number of rotatable bonds is 4. The molecule has 0 unspecified atom stereocenters. The molecule has 0 bridgehead atoms. The zero-order valence-electron chi connectivity index (χ0n) is 10.7. The molecule has 5 nitrogen and oxygen atoms in total. The quantitative estimate of drug-likeness (QED) is 0.879. The molecule has 0 saturated carbocycles. The van der Waals surface area contributed by atoms with E-state index in [1.165, 1.54) is 30.6 Å². The van der Waals surface area contributed by atoms with Crippen molar-refractivity contribution < 1.29 is 4.79 Å². The summed E-state index contributed by atoms with van der Waals surface area (Å²) in [5.74, 6) is 0. The van der Waals surface area contributed by atoms with Gasteiger partial charge in [0.05, 0.1) is 0 Å². The van der Waals surface area contributed by atoms with Crippen molar-refractivity contribution in [1.29, 1.82) is 0 Å². The lowest BCUT2D eigenvalue weighted by atomic mass is 10.0. The number of amides is 2. The Morgan fingerprint density at radius 1 is 1.61 bits per heavy atom. The highest BCUT2D eigenvalue weighted by Gasteiger charge is 2.17. The van der Waals surface area contributed by atoms with Crippen molar-refractivity contribution in [3.8, 4) is 0 Å². The number of aromatic nitrogens is 1. The Morgan fingerprint density at radius 3 is 3.22 bits per heavy atom. The third-order valence-corrected chi connectivity index (χ3v) is 3.97. The third kappa shape index (κ3) is 3.96. The molecule has 2 N–H and O–H groups in total. The van der Waals surface area contributed by atoms with Crippen LogP contribution in [0.4, 0.5) is 9.93 Å². The molecule has 1 aliphatic rings. The van der Waals surface area contributed by atoms with Gasteiger partial charge in [0, 0.05) is 30.7 Å². The van der Waals surface area contributed by atoms with Gasteiger partial charge >= 0.3 is 6.03 Å². The number of nitrogens with zero attached hydrogens (tertiary/aromatic N) is 2. The molecular formula is C12H20N4OS. The number of hydrogen-bond donors (Lipinski definition) is 2. The highest BCUT2D eigenvalue weighted by Crippen LogP contribution is 2.15. The second-order valence-corrected chi connectivity index (χ2v) is 5.49. The monoisotopic (exact) mass is 268 g/mol. The maximum Gasteiger partial charge on any atom is 0.321 e. The molecule has 18 heavy (non-hydrogen) atoms. The second-order valence-electron chi connectivity index (χ2n) is 4.60. The van der Waals surface area contributed by atoms with Gasteiger partial charge in [-0.2, -0.15) is 0 Å².